The van der Waals surface area contributed by atoms with Crippen LogP contribution in [-0.2, 0) is 19.1 Å². The zero-order valence-electron chi connectivity index (χ0n) is 12.1. The Labute approximate surface area is 137 Å². The molecule has 0 saturated heterocycles. The van der Waals surface area contributed by atoms with Gasteiger partial charge in [-0.25, -0.2) is 9.59 Å². The van der Waals surface area contributed by atoms with Gasteiger partial charge in [-0.05, 0) is 67.1 Å². The number of carbonyl (C=O) groups excluding carboxylic acids is 2. The van der Waals surface area contributed by atoms with Crippen LogP contribution < -0.4 is 5.43 Å². The lowest BCUT2D eigenvalue weighted by molar-refractivity contribution is -0.140. The largest absolute Gasteiger partial charge is 0.461 e. The van der Waals surface area contributed by atoms with Crippen molar-refractivity contribution in [3.05, 3.63) is 27.3 Å². The van der Waals surface area contributed by atoms with E-state index in [1.165, 1.54) is 0 Å². The van der Waals surface area contributed by atoms with E-state index in [2.05, 4.69) is 33.1 Å². The Balaban J connectivity index is 2.96. The third kappa shape index (κ3) is 5.33. The number of benzene rings is 1. The minimum Gasteiger partial charge on any atom is -0.461 e. The number of ether oxygens (including phenoxy) is 2. The van der Waals surface area contributed by atoms with Crippen molar-refractivity contribution in [2.45, 2.75) is 20.8 Å². The van der Waals surface area contributed by atoms with Gasteiger partial charge in [-0.1, -0.05) is 0 Å². The van der Waals surface area contributed by atoms with E-state index in [0.717, 1.165) is 9.13 Å². The fourth-order valence-corrected chi connectivity index (χ4v) is 2.09. The summed E-state index contributed by atoms with van der Waals surface area (Å²) >= 11 is 2.20. The molecule has 1 rings (SSSR count). The van der Waals surface area contributed by atoms with Gasteiger partial charge in [0.25, 0.3) is 5.71 Å². The van der Waals surface area contributed by atoms with Crippen LogP contribution in [0.5, 0.6) is 0 Å². The number of halogens is 1. The Morgan fingerprint density at radius 3 is 2.24 bits per heavy atom. The molecule has 0 aliphatic carbocycles. The lowest BCUT2D eigenvalue weighted by Gasteiger charge is -2.08. The summed E-state index contributed by atoms with van der Waals surface area (Å²) in [5.41, 5.74) is 3.93. The van der Waals surface area contributed by atoms with Gasteiger partial charge in [-0.3, -0.25) is 5.43 Å². The number of anilines is 1. The molecule has 114 valence electrons. The molecule has 0 heterocycles. The number of nitrogens with zero attached hydrogens (tertiary/aromatic N) is 1. The number of hydrazone groups is 1. The van der Waals surface area contributed by atoms with E-state index in [0.29, 0.717) is 5.69 Å². The van der Waals surface area contributed by atoms with Gasteiger partial charge >= 0.3 is 11.9 Å². The topological polar surface area (TPSA) is 77.0 Å². The summed E-state index contributed by atoms with van der Waals surface area (Å²) in [5, 5.41) is 3.84. The molecule has 0 amide bonds. The van der Waals surface area contributed by atoms with Gasteiger partial charge in [0.15, 0.2) is 0 Å². The molecular weight excluding hydrogens is 387 g/mol. The molecule has 0 aliphatic rings. The van der Waals surface area contributed by atoms with E-state index >= 15 is 0 Å². The van der Waals surface area contributed by atoms with Crippen molar-refractivity contribution in [1.29, 1.82) is 0 Å². The standard InChI is InChI=1S/C14H17IN2O4/c1-4-20-13(18)12(14(19)21-5-2)17-16-11-7-6-10(15)8-9(11)3/h6-8,16H,4-5H2,1-3H3. The van der Waals surface area contributed by atoms with Crippen LogP contribution in [0.2, 0.25) is 0 Å². The van der Waals surface area contributed by atoms with E-state index in [9.17, 15) is 9.59 Å². The quantitative estimate of drug-likeness (QED) is 0.259. The van der Waals surface area contributed by atoms with E-state index in [-0.39, 0.29) is 13.2 Å². The highest BCUT2D eigenvalue weighted by molar-refractivity contribution is 14.1. The third-order valence-electron chi connectivity index (χ3n) is 2.41. The second kappa shape index (κ2) is 8.60. The summed E-state index contributed by atoms with van der Waals surface area (Å²) in [4.78, 5) is 23.4. The Morgan fingerprint density at radius 1 is 1.19 bits per heavy atom. The van der Waals surface area contributed by atoms with E-state index in [1.54, 1.807) is 13.8 Å². The molecule has 21 heavy (non-hydrogen) atoms. The molecule has 0 saturated carbocycles. The first kappa shape index (κ1) is 17.4. The molecule has 7 heteroatoms. The van der Waals surface area contributed by atoms with Crippen molar-refractivity contribution in [2.24, 2.45) is 5.10 Å². The lowest BCUT2D eigenvalue weighted by Crippen LogP contribution is -2.29. The number of hydrogen-bond donors (Lipinski definition) is 1. The highest BCUT2D eigenvalue weighted by Gasteiger charge is 2.23. The number of nitrogens with one attached hydrogen (secondary N) is 1. The zero-order chi connectivity index (χ0) is 15.8. The van der Waals surface area contributed by atoms with Gasteiger partial charge in [-0.2, -0.15) is 5.10 Å². The number of hydrogen-bond acceptors (Lipinski definition) is 6. The van der Waals surface area contributed by atoms with Gasteiger partial charge in [0.05, 0.1) is 18.9 Å². The summed E-state index contributed by atoms with van der Waals surface area (Å²) in [7, 11) is 0. The van der Waals surface area contributed by atoms with Crippen LogP contribution in [0.25, 0.3) is 0 Å². The molecule has 1 aromatic carbocycles. The molecule has 0 atom stereocenters. The maximum Gasteiger partial charge on any atom is 0.366 e. The third-order valence-corrected chi connectivity index (χ3v) is 3.09. The van der Waals surface area contributed by atoms with Crippen LogP contribution in [0.15, 0.2) is 23.3 Å². The molecule has 0 spiro atoms. The minimum absolute atomic E-state index is 0.153. The van der Waals surface area contributed by atoms with Crippen LogP contribution in [0.3, 0.4) is 0 Å². The highest BCUT2D eigenvalue weighted by atomic mass is 127. The van der Waals surface area contributed by atoms with Crippen molar-refractivity contribution in [3.8, 4) is 0 Å². The predicted octanol–water partition coefficient (Wildman–Crippen LogP) is 2.49. The maximum atomic E-state index is 11.7. The van der Waals surface area contributed by atoms with Gasteiger partial charge in [0.1, 0.15) is 0 Å². The summed E-state index contributed by atoms with van der Waals surface area (Å²) < 4.78 is 10.7. The second-order valence-electron chi connectivity index (χ2n) is 3.97. The van der Waals surface area contributed by atoms with Gasteiger partial charge < -0.3 is 9.47 Å². The van der Waals surface area contributed by atoms with Crippen molar-refractivity contribution in [2.75, 3.05) is 18.6 Å². The summed E-state index contributed by atoms with van der Waals surface area (Å²) in [6.45, 7) is 5.50. The summed E-state index contributed by atoms with van der Waals surface area (Å²) in [6.07, 6.45) is 0. The van der Waals surface area contributed by atoms with Gasteiger partial charge in [0, 0.05) is 3.57 Å². The van der Waals surface area contributed by atoms with Crippen LogP contribution >= 0.6 is 22.6 Å². The van der Waals surface area contributed by atoms with Crippen LogP contribution in [0.4, 0.5) is 5.69 Å². The lowest BCUT2D eigenvalue weighted by atomic mass is 10.2. The van der Waals surface area contributed by atoms with E-state index in [4.69, 9.17) is 9.47 Å². The zero-order valence-corrected chi connectivity index (χ0v) is 14.3. The maximum absolute atomic E-state index is 11.7. The Hall–Kier alpha value is -1.64. The fourth-order valence-electron chi connectivity index (χ4n) is 1.44. The van der Waals surface area contributed by atoms with Crippen LogP contribution in [-0.4, -0.2) is 30.9 Å². The van der Waals surface area contributed by atoms with Crippen molar-refractivity contribution < 1.29 is 19.1 Å². The molecule has 0 bridgehead atoms. The molecule has 0 fully saturated rings. The average Bonchev–Trinajstić information content (AvgIpc) is 2.41. The minimum atomic E-state index is -0.813. The molecular formula is C14H17IN2O4. The first-order valence-electron chi connectivity index (χ1n) is 6.43. The molecule has 0 aliphatic heterocycles. The smallest absolute Gasteiger partial charge is 0.366 e. The highest BCUT2D eigenvalue weighted by Crippen LogP contribution is 2.17. The van der Waals surface area contributed by atoms with E-state index in [1.807, 2.05) is 25.1 Å². The number of aryl methyl sites for hydroxylation is 1. The summed E-state index contributed by atoms with van der Waals surface area (Å²) in [6, 6.07) is 5.65. The van der Waals surface area contributed by atoms with Crippen LogP contribution in [0.1, 0.15) is 19.4 Å². The van der Waals surface area contributed by atoms with Gasteiger partial charge in [0.2, 0.25) is 0 Å². The van der Waals surface area contributed by atoms with E-state index < -0.39 is 17.7 Å². The number of rotatable bonds is 6. The molecule has 1 N–H and O–H groups in total. The summed E-state index contributed by atoms with van der Waals surface area (Å²) in [5.74, 6) is -1.63. The van der Waals surface area contributed by atoms with Crippen LogP contribution in [0, 0.1) is 10.5 Å². The Bertz CT molecular complexity index is 538. The van der Waals surface area contributed by atoms with Crippen molar-refractivity contribution >= 4 is 45.9 Å². The molecule has 0 unspecified atom stereocenters. The average molecular weight is 404 g/mol. The van der Waals surface area contributed by atoms with Crippen molar-refractivity contribution in [3.63, 3.8) is 0 Å². The van der Waals surface area contributed by atoms with Gasteiger partial charge in [-0.15, -0.1) is 0 Å². The number of esters is 2. The SMILES string of the molecule is CCOC(=O)C(=NNc1ccc(I)cc1C)C(=O)OCC. The van der Waals surface area contributed by atoms with Crippen molar-refractivity contribution in [1.82, 2.24) is 0 Å². The fraction of sp³-hybridized carbons (Fsp3) is 0.357. The monoisotopic (exact) mass is 404 g/mol. The molecule has 6 nitrogen and oxygen atoms in total. The Kier molecular flexibility index (Phi) is 7.13. The number of carbonyl (C=O) groups is 2. The predicted molar refractivity (Wildman–Crippen MR) is 88.2 cm³/mol. The first-order valence-corrected chi connectivity index (χ1v) is 7.51. The molecule has 1 aromatic rings. The normalized spacial score (nSPS) is 9.71. The Morgan fingerprint density at radius 2 is 1.76 bits per heavy atom. The first-order chi connectivity index (χ1) is 9.99. The molecule has 0 radical (unpaired) electrons. The second-order valence-corrected chi connectivity index (χ2v) is 5.22. The molecule has 0 aromatic heterocycles.